The summed E-state index contributed by atoms with van der Waals surface area (Å²) in [5.74, 6) is -0.496. The van der Waals surface area contributed by atoms with Crippen LogP contribution >= 0.6 is 23.2 Å². The summed E-state index contributed by atoms with van der Waals surface area (Å²) >= 11 is 12.8. The van der Waals surface area contributed by atoms with E-state index in [1.165, 1.54) is 36.3 Å². The normalized spacial score (nSPS) is 12.8. The van der Waals surface area contributed by atoms with Gasteiger partial charge in [-0.25, -0.2) is 8.42 Å². The van der Waals surface area contributed by atoms with Crippen LogP contribution in [0.25, 0.3) is 0 Å². The van der Waals surface area contributed by atoms with E-state index in [0.29, 0.717) is 33.5 Å². The number of carbonyl (C=O) groups excluding carboxylic acids is 2. The fourth-order valence-corrected chi connectivity index (χ4v) is 5.83. The summed E-state index contributed by atoms with van der Waals surface area (Å²) in [5, 5.41) is 3.54. The zero-order chi connectivity index (χ0) is 29.4. The smallest absolute Gasteiger partial charge is 0.264 e. The van der Waals surface area contributed by atoms with Crippen LogP contribution < -0.4 is 14.4 Å². The average Bonchev–Trinajstić information content (AvgIpc) is 2.95. The first-order chi connectivity index (χ1) is 19.0. The summed E-state index contributed by atoms with van der Waals surface area (Å²) < 4.78 is 33.9. The van der Waals surface area contributed by atoms with Crippen molar-refractivity contribution in [3.8, 4) is 5.75 Å². The molecular weight excluding hydrogens is 573 g/mol. The highest BCUT2D eigenvalue weighted by atomic mass is 35.5. The molecule has 3 aromatic carbocycles. The molecule has 0 aromatic heterocycles. The van der Waals surface area contributed by atoms with Crippen LogP contribution in [0.4, 0.5) is 5.69 Å². The Bertz CT molecular complexity index is 1400. The topological polar surface area (TPSA) is 96.0 Å². The van der Waals surface area contributed by atoms with Gasteiger partial charge in [0.2, 0.25) is 11.8 Å². The Morgan fingerprint density at radius 3 is 2.08 bits per heavy atom. The molecule has 11 heteroatoms. The zero-order valence-corrected chi connectivity index (χ0v) is 25.1. The van der Waals surface area contributed by atoms with E-state index < -0.39 is 28.5 Å². The van der Waals surface area contributed by atoms with Crippen LogP contribution in [0.15, 0.2) is 77.7 Å². The standard InChI is InChI=1S/C29H33Cl2N3O5S/c1-5-20(2)32-29(36)21(3)33(18-25-26(30)12-9-13-27(25)31)28(35)19-34(22-10-7-6-8-11-22)40(37,38)24-16-14-23(39-4)15-17-24/h6-17,20-21H,5,18-19H2,1-4H3,(H,32,36)/t20-,21-/m1/s1. The SMILES string of the molecule is CC[C@@H](C)NC(=O)[C@@H](C)N(Cc1c(Cl)cccc1Cl)C(=O)CN(c1ccccc1)S(=O)(=O)c1ccc(OC)cc1. The zero-order valence-electron chi connectivity index (χ0n) is 22.8. The first-order valence-corrected chi connectivity index (χ1v) is 14.9. The maximum absolute atomic E-state index is 14.0. The number of carbonyl (C=O) groups is 2. The molecule has 0 heterocycles. The summed E-state index contributed by atoms with van der Waals surface area (Å²) in [6.45, 7) is 4.72. The predicted octanol–water partition coefficient (Wildman–Crippen LogP) is 5.53. The van der Waals surface area contributed by atoms with Gasteiger partial charge in [0.25, 0.3) is 10.0 Å². The number of benzene rings is 3. The minimum Gasteiger partial charge on any atom is -0.497 e. The summed E-state index contributed by atoms with van der Waals surface area (Å²) in [4.78, 5) is 28.4. The van der Waals surface area contributed by atoms with Crippen LogP contribution in [-0.2, 0) is 26.2 Å². The monoisotopic (exact) mass is 605 g/mol. The van der Waals surface area contributed by atoms with Crippen molar-refractivity contribution in [1.82, 2.24) is 10.2 Å². The molecular formula is C29H33Cl2N3O5S. The van der Waals surface area contributed by atoms with Crippen LogP contribution in [-0.4, -0.2) is 50.9 Å². The van der Waals surface area contributed by atoms with Gasteiger partial charge in [0.15, 0.2) is 0 Å². The Morgan fingerprint density at radius 2 is 1.52 bits per heavy atom. The molecule has 40 heavy (non-hydrogen) atoms. The molecule has 8 nitrogen and oxygen atoms in total. The van der Waals surface area contributed by atoms with Crippen molar-refractivity contribution in [1.29, 1.82) is 0 Å². The molecule has 2 atom stereocenters. The second-order valence-corrected chi connectivity index (χ2v) is 11.9. The Labute approximate surface area is 245 Å². The number of rotatable bonds is 12. The van der Waals surface area contributed by atoms with Crippen LogP contribution in [0.3, 0.4) is 0 Å². The van der Waals surface area contributed by atoms with Crippen molar-refractivity contribution in [3.63, 3.8) is 0 Å². The molecule has 0 unspecified atom stereocenters. The quantitative estimate of drug-likeness (QED) is 0.293. The van der Waals surface area contributed by atoms with Crippen molar-refractivity contribution in [2.45, 2.75) is 50.7 Å². The van der Waals surface area contributed by atoms with E-state index in [1.54, 1.807) is 55.5 Å². The molecule has 0 bridgehead atoms. The Morgan fingerprint density at radius 1 is 0.925 bits per heavy atom. The number of para-hydroxylation sites is 1. The molecule has 0 saturated heterocycles. The third-order valence-electron chi connectivity index (χ3n) is 6.53. The minimum absolute atomic E-state index is 0.0202. The number of hydrogen-bond acceptors (Lipinski definition) is 5. The summed E-state index contributed by atoms with van der Waals surface area (Å²) in [6.07, 6.45) is 0.699. The van der Waals surface area contributed by atoms with Gasteiger partial charge in [-0.3, -0.25) is 13.9 Å². The van der Waals surface area contributed by atoms with Crippen LogP contribution in [0, 0.1) is 0 Å². The molecule has 214 valence electrons. The number of hydrogen-bond donors (Lipinski definition) is 1. The number of amides is 2. The highest BCUT2D eigenvalue weighted by Crippen LogP contribution is 2.28. The first-order valence-electron chi connectivity index (χ1n) is 12.7. The molecule has 0 aliphatic carbocycles. The molecule has 0 radical (unpaired) electrons. The molecule has 0 aliphatic heterocycles. The molecule has 0 saturated carbocycles. The summed E-state index contributed by atoms with van der Waals surface area (Å²) in [5.41, 5.74) is 0.741. The third kappa shape index (κ3) is 7.47. The van der Waals surface area contributed by atoms with Gasteiger partial charge >= 0.3 is 0 Å². The number of nitrogens with one attached hydrogen (secondary N) is 1. The number of halogens is 2. The van der Waals surface area contributed by atoms with Crippen molar-refractivity contribution < 1.29 is 22.7 Å². The Hall–Kier alpha value is -3.27. The van der Waals surface area contributed by atoms with E-state index in [4.69, 9.17) is 27.9 Å². The lowest BCUT2D eigenvalue weighted by Crippen LogP contribution is -2.52. The lowest BCUT2D eigenvalue weighted by atomic mass is 10.1. The number of methoxy groups -OCH3 is 1. The summed E-state index contributed by atoms with van der Waals surface area (Å²) in [6, 6.07) is 18.1. The maximum atomic E-state index is 14.0. The van der Waals surface area contributed by atoms with Gasteiger partial charge in [-0.15, -0.1) is 0 Å². The van der Waals surface area contributed by atoms with Gasteiger partial charge in [-0.2, -0.15) is 0 Å². The predicted molar refractivity (Wildman–Crippen MR) is 158 cm³/mol. The molecule has 0 spiro atoms. The van der Waals surface area contributed by atoms with E-state index in [9.17, 15) is 18.0 Å². The highest BCUT2D eigenvalue weighted by molar-refractivity contribution is 7.92. The molecule has 0 fully saturated rings. The van der Waals surface area contributed by atoms with Gasteiger partial charge in [0, 0.05) is 28.2 Å². The van der Waals surface area contributed by atoms with Gasteiger partial charge in [0.1, 0.15) is 18.3 Å². The second kappa shape index (κ2) is 13.9. The number of ether oxygens (including phenoxy) is 1. The third-order valence-corrected chi connectivity index (χ3v) is 9.03. The van der Waals surface area contributed by atoms with Gasteiger partial charge in [-0.05, 0) is 68.8 Å². The minimum atomic E-state index is -4.19. The van der Waals surface area contributed by atoms with Crippen LogP contribution in [0.1, 0.15) is 32.8 Å². The molecule has 1 N–H and O–H groups in total. The van der Waals surface area contributed by atoms with Gasteiger partial charge in [0.05, 0.1) is 17.7 Å². The highest BCUT2D eigenvalue weighted by Gasteiger charge is 2.33. The van der Waals surface area contributed by atoms with Gasteiger partial charge < -0.3 is 15.0 Å². The molecule has 3 aromatic rings. The Kier molecular flexibility index (Phi) is 10.8. The second-order valence-electron chi connectivity index (χ2n) is 9.24. The molecule has 3 rings (SSSR count). The van der Waals surface area contributed by atoms with Crippen LogP contribution in [0.5, 0.6) is 5.75 Å². The van der Waals surface area contributed by atoms with E-state index in [-0.39, 0.29) is 23.4 Å². The molecule has 2 amide bonds. The van der Waals surface area contributed by atoms with E-state index in [0.717, 1.165) is 4.31 Å². The van der Waals surface area contributed by atoms with E-state index >= 15 is 0 Å². The number of nitrogens with zero attached hydrogens (tertiary/aromatic N) is 2. The van der Waals surface area contributed by atoms with E-state index in [1.807, 2.05) is 13.8 Å². The van der Waals surface area contributed by atoms with Crippen LogP contribution in [0.2, 0.25) is 10.0 Å². The lowest BCUT2D eigenvalue weighted by molar-refractivity contribution is -0.139. The molecule has 0 aliphatic rings. The fraction of sp³-hybridized carbons (Fsp3) is 0.310. The summed E-state index contributed by atoms with van der Waals surface area (Å²) in [7, 11) is -2.71. The average molecular weight is 607 g/mol. The van der Waals surface area contributed by atoms with Crippen molar-refractivity contribution >= 4 is 50.7 Å². The van der Waals surface area contributed by atoms with Crippen molar-refractivity contribution in [2.75, 3.05) is 18.0 Å². The fourth-order valence-electron chi connectivity index (χ4n) is 3.90. The lowest BCUT2D eigenvalue weighted by Gasteiger charge is -2.32. The Balaban J connectivity index is 2.04. The van der Waals surface area contributed by atoms with Gasteiger partial charge in [-0.1, -0.05) is 54.4 Å². The maximum Gasteiger partial charge on any atom is 0.264 e. The van der Waals surface area contributed by atoms with E-state index in [2.05, 4.69) is 5.32 Å². The largest absolute Gasteiger partial charge is 0.497 e. The first kappa shape index (κ1) is 31.3. The number of sulfonamides is 1. The van der Waals surface area contributed by atoms with Crippen molar-refractivity contribution in [2.24, 2.45) is 0 Å². The number of anilines is 1. The van der Waals surface area contributed by atoms with Crippen molar-refractivity contribution in [3.05, 3.63) is 88.4 Å².